The maximum absolute atomic E-state index is 12.0. The Kier molecular flexibility index (Phi) is 3.82. The van der Waals surface area contributed by atoms with E-state index in [1.165, 1.54) is 23.8 Å². The van der Waals surface area contributed by atoms with E-state index in [2.05, 4.69) is 24.1 Å². The number of nitrogens with one attached hydrogen (secondary N) is 1. The molecule has 2 atom stereocenters. The summed E-state index contributed by atoms with van der Waals surface area (Å²) in [7, 11) is 0. The second-order valence-corrected chi connectivity index (χ2v) is 5.22. The molecule has 0 aromatic carbocycles. The maximum Gasteiger partial charge on any atom is 0.327 e. The molecule has 0 spiro atoms. The fourth-order valence-electron chi connectivity index (χ4n) is 2.75. The van der Waals surface area contributed by atoms with Crippen molar-refractivity contribution in [3.8, 4) is 0 Å². The molecule has 0 radical (unpaired) electrons. The highest BCUT2D eigenvalue weighted by Gasteiger charge is 2.28. The van der Waals surface area contributed by atoms with Gasteiger partial charge in [0.05, 0.1) is 0 Å². The van der Waals surface area contributed by atoms with Crippen LogP contribution < -0.4 is 5.32 Å². The van der Waals surface area contributed by atoms with E-state index in [1.54, 1.807) is 18.7 Å². The first-order valence-electron chi connectivity index (χ1n) is 6.47. The molecule has 0 aliphatic heterocycles. The van der Waals surface area contributed by atoms with Gasteiger partial charge in [0, 0.05) is 18.4 Å². The van der Waals surface area contributed by atoms with E-state index in [1.807, 2.05) is 0 Å². The second kappa shape index (κ2) is 5.34. The highest BCUT2D eigenvalue weighted by atomic mass is 16.2. The topological polar surface area (TPSA) is 46.9 Å². The molecular formula is C13H21N3O. The number of hydrogen-bond donors (Lipinski definition) is 1. The SMILES string of the molecule is CC(C)C1CCCCC1NC(=O)n1ccnc1. The number of carbonyl (C=O) groups excluding carboxylic acids is 1. The van der Waals surface area contributed by atoms with E-state index in [0.29, 0.717) is 17.9 Å². The lowest BCUT2D eigenvalue weighted by Gasteiger charge is -2.34. The van der Waals surface area contributed by atoms with Crippen molar-refractivity contribution in [1.82, 2.24) is 14.9 Å². The van der Waals surface area contributed by atoms with E-state index in [9.17, 15) is 4.79 Å². The lowest BCUT2D eigenvalue weighted by molar-refractivity contribution is 0.195. The Balaban J connectivity index is 1.98. The fourth-order valence-corrected chi connectivity index (χ4v) is 2.75. The average molecular weight is 235 g/mol. The molecule has 1 aromatic heterocycles. The Morgan fingerprint density at radius 1 is 1.41 bits per heavy atom. The maximum atomic E-state index is 12.0. The van der Waals surface area contributed by atoms with Gasteiger partial charge in [-0.1, -0.05) is 26.7 Å². The first-order chi connectivity index (χ1) is 8.18. The monoisotopic (exact) mass is 235 g/mol. The van der Waals surface area contributed by atoms with Gasteiger partial charge in [0.2, 0.25) is 0 Å². The number of rotatable bonds is 2. The molecule has 4 nitrogen and oxygen atoms in total. The third kappa shape index (κ3) is 2.87. The summed E-state index contributed by atoms with van der Waals surface area (Å²) in [4.78, 5) is 15.8. The van der Waals surface area contributed by atoms with Gasteiger partial charge in [0.15, 0.2) is 0 Å². The van der Waals surface area contributed by atoms with E-state index >= 15 is 0 Å². The minimum absolute atomic E-state index is 0.0555. The van der Waals surface area contributed by atoms with Crippen LogP contribution in [0.1, 0.15) is 39.5 Å². The summed E-state index contributed by atoms with van der Waals surface area (Å²) in [5.41, 5.74) is 0. The molecule has 0 saturated heterocycles. The molecule has 17 heavy (non-hydrogen) atoms. The number of amides is 1. The van der Waals surface area contributed by atoms with Crippen molar-refractivity contribution in [1.29, 1.82) is 0 Å². The second-order valence-electron chi connectivity index (χ2n) is 5.22. The molecule has 1 aliphatic rings. The summed E-state index contributed by atoms with van der Waals surface area (Å²) < 4.78 is 1.51. The highest BCUT2D eigenvalue weighted by molar-refractivity contribution is 5.76. The van der Waals surface area contributed by atoms with Gasteiger partial charge < -0.3 is 5.32 Å². The summed E-state index contributed by atoms with van der Waals surface area (Å²) >= 11 is 0. The molecule has 94 valence electrons. The molecule has 1 saturated carbocycles. The van der Waals surface area contributed by atoms with Gasteiger partial charge in [0.25, 0.3) is 0 Å². The van der Waals surface area contributed by atoms with Crippen molar-refractivity contribution >= 4 is 6.03 Å². The summed E-state index contributed by atoms with van der Waals surface area (Å²) in [6.07, 6.45) is 9.69. The lowest BCUT2D eigenvalue weighted by atomic mass is 9.78. The minimum Gasteiger partial charge on any atom is -0.334 e. The molecule has 1 aliphatic carbocycles. The summed E-state index contributed by atoms with van der Waals surface area (Å²) in [5, 5.41) is 3.14. The van der Waals surface area contributed by atoms with Crippen molar-refractivity contribution < 1.29 is 4.79 Å². The number of imidazole rings is 1. The summed E-state index contributed by atoms with van der Waals surface area (Å²) in [6.45, 7) is 4.48. The Morgan fingerprint density at radius 3 is 2.82 bits per heavy atom. The average Bonchev–Trinajstić information content (AvgIpc) is 2.83. The van der Waals surface area contributed by atoms with Crippen molar-refractivity contribution in [2.75, 3.05) is 0 Å². The molecule has 1 N–H and O–H groups in total. The molecule has 1 amide bonds. The van der Waals surface area contributed by atoms with Crippen LogP contribution >= 0.6 is 0 Å². The zero-order valence-corrected chi connectivity index (χ0v) is 10.6. The first kappa shape index (κ1) is 12.1. The fraction of sp³-hybridized carbons (Fsp3) is 0.692. The van der Waals surface area contributed by atoms with Crippen LogP contribution in [0.2, 0.25) is 0 Å². The number of carbonyl (C=O) groups is 1. The van der Waals surface area contributed by atoms with E-state index < -0.39 is 0 Å². The van der Waals surface area contributed by atoms with Gasteiger partial charge >= 0.3 is 6.03 Å². The van der Waals surface area contributed by atoms with Crippen LogP contribution in [-0.4, -0.2) is 21.6 Å². The number of aromatic nitrogens is 2. The Morgan fingerprint density at radius 2 is 2.18 bits per heavy atom. The third-order valence-corrected chi connectivity index (χ3v) is 3.72. The predicted molar refractivity (Wildman–Crippen MR) is 66.7 cm³/mol. The van der Waals surface area contributed by atoms with Gasteiger partial charge in [-0.3, -0.25) is 4.57 Å². The van der Waals surface area contributed by atoms with Crippen LogP contribution in [0, 0.1) is 11.8 Å². The Bertz CT molecular complexity index is 359. The highest BCUT2D eigenvalue weighted by Crippen LogP contribution is 2.30. The lowest BCUT2D eigenvalue weighted by Crippen LogP contribution is -2.45. The van der Waals surface area contributed by atoms with Crippen LogP contribution in [0.3, 0.4) is 0 Å². The molecule has 1 heterocycles. The van der Waals surface area contributed by atoms with Gasteiger partial charge in [-0.2, -0.15) is 0 Å². The van der Waals surface area contributed by atoms with Gasteiger partial charge in [-0.05, 0) is 24.7 Å². The van der Waals surface area contributed by atoms with Crippen LogP contribution in [0.4, 0.5) is 4.79 Å². The van der Waals surface area contributed by atoms with Crippen molar-refractivity contribution in [2.45, 2.75) is 45.6 Å². The van der Waals surface area contributed by atoms with Gasteiger partial charge in [0.1, 0.15) is 6.33 Å². The van der Waals surface area contributed by atoms with E-state index in [-0.39, 0.29) is 6.03 Å². The van der Waals surface area contributed by atoms with Crippen molar-refractivity contribution in [3.63, 3.8) is 0 Å². The quantitative estimate of drug-likeness (QED) is 0.856. The zero-order chi connectivity index (χ0) is 12.3. The van der Waals surface area contributed by atoms with E-state index in [0.717, 1.165) is 6.42 Å². The molecular weight excluding hydrogens is 214 g/mol. The van der Waals surface area contributed by atoms with Crippen LogP contribution in [-0.2, 0) is 0 Å². The normalized spacial score (nSPS) is 24.9. The smallest absolute Gasteiger partial charge is 0.327 e. The van der Waals surface area contributed by atoms with E-state index in [4.69, 9.17) is 0 Å². The minimum atomic E-state index is -0.0555. The number of nitrogens with zero attached hydrogens (tertiary/aromatic N) is 2. The van der Waals surface area contributed by atoms with Crippen molar-refractivity contribution in [2.24, 2.45) is 11.8 Å². The van der Waals surface area contributed by atoms with Crippen molar-refractivity contribution in [3.05, 3.63) is 18.7 Å². The molecule has 4 heteroatoms. The standard InChI is InChI=1S/C13H21N3O/c1-10(2)11-5-3-4-6-12(11)15-13(17)16-8-7-14-9-16/h7-12H,3-6H2,1-2H3,(H,15,17). The molecule has 1 fully saturated rings. The summed E-state index contributed by atoms with van der Waals surface area (Å²) in [5.74, 6) is 1.24. The Labute approximate surface area is 102 Å². The molecule has 0 bridgehead atoms. The molecule has 2 rings (SSSR count). The van der Waals surface area contributed by atoms with Crippen LogP contribution in [0.25, 0.3) is 0 Å². The Hall–Kier alpha value is -1.32. The predicted octanol–water partition coefficient (Wildman–Crippen LogP) is 2.66. The molecule has 2 unspecified atom stereocenters. The first-order valence-corrected chi connectivity index (χ1v) is 6.47. The van der Waals surface area contributed by atoms with Crippen LogP contribution in [0.15, 0.2) is 18.7 Å². The third-order valence-electron chi connectivity index (χ3n) is 3.72. The van der Waals surface area contributed by atoms with Crippen LogP contribution in [0.5, 0.6) is 0 Å². The van der Waals surface area contributed by atoms with Gasteiger partial charge in [-0.15, -0.1) is 0 Å². The van der Waals surface area contributed by atoms with Gasteiger partial charge in [-0.25, -0.2) is 9.78 Å². The largest absolute Gasteiger partial charge is 0.334 e. The summed E-state index contributed by atoms with van der Waals surface area (Å²) in [6, 6.07) is 0.263. The molecule has 1 aromatic rings. The zero-order valence-electron chi connectivity index (χ0n) is 10.6. The number of hydrogen-bond acceptors (Lipinski definition) is 2.